The third-order valence-corrected chi connectivity index (χ3v) is 6.51. The number of aliphatic hydroxyl groups excluding tert-OH is 1. The Bertz CT molecular complexity index is 1110. The smallest absolute Gasteiger partial charge is 0.248 e. The zero-order valence-electron chi connectivity index (χ0n) is 21.4. The fourth-order valence-electron chi connectivity index (χ4n) is 4.38. The van der Waals surface area contributed by atoms with Gasteiger partial charge in [0.1, 0.15) is 12.1 Å². The van der Waals surface area contributed by atoms with E-state index in [1.54, 1.807) is 18.0 Å². The van der Waals surface area contributed by atoms with Crippen LogP contribution in [-0.4, -0.2) is 64.0 Å². The van der Waals surface area contributed by atoms with E-state index in [2.05, 4.69) is 20.4 Å². The molecular weight excluding hydrogens is 456 g/mol. The Morgan fingerprint density at radius 1 is 1.28 bits per heavy atom. The average molecular weight is 493 g/mol. The molecule has 36 heavy (non-hydrogen) atoms. The molecule has 1 saturated heterocycles. The Morgan fingerprint density at radius 2 is 2.00 bits per heavy atom. The van der Waals surface area contributed by atoms with Crippen LogP contribution in [0.4, 0.5) is 0 Å². The number of carbonyl (C=O) groups excluding carboxylic acids is 2. The molecule has 0 saturated carbocycles. The number of nitrogens with zero attached hydrogens (tertiary/aromatic N) is 4. The van der Waals surface area contributed by atoms with Crippen molar-refractivity contribution >= 4 is 23.7 Å². The first-order valence-corrected chi connectivity index (χ1v) is 12.3. The second-order valence-corrected chi connectivity index (χ2v) is 9.48. The summed E-state index contributed by atoms with van der Waals surface area (Å²) in [6.45, 7) is 7.79. The van der Waals surface area contributed by atoms with Gasteiger partial charge in [0.2, 0.25) is 11.8 Å². The van der Waals surface area contributed by atoms with Gasteiger partial charge in [-0.25, -0.2) is 0 Å². The van der Waals surface area contributed by atoms with Crippen LogP contribution in [-0.2, 0) is 9.59 Å². The Morgan fingerprint density at radius 3 is 2.61 bits per heavy atom. The highest BCUT2D eigenvalue weighted by atomic mass is 16.3. The molecule has 2 aromatic rings. The standard InChI is InChI=1S/C27H36N6O3/c1-17(2)25(30-14-19(4)32-28)27(36)33-13-5-6-24(33)26(35)31-23(16-34)21-9-7-20(8-10-21)22-15-29-12-11-18(22)3/h7-12,14-15,17,23-25,34H,5-6,13,16,28H2,1-4H3,(H,31,35)/t23-,24-,25-/m0/s1. The Kier molecular flexibility index (Phi) is 9.30. The second kappa shape index (κ2) is 12.4. The third kappa shape index (κ3) is 6.34. The number of benzene rings is 1. The minimum Gasteiger partial charge on any atom is -0.394 e. The number of hydrazone groups is 1. The normalized spacial score (nSPS) is 18.0. The molecule has 2 amide bonds. The number of pyridine rings is 1. The van der Waals surface area contributed by atoms with Gasteiger partial charge < -0.3 is 21.2 Å². The summed E-state index contributed by atoms with van der Waals surface area (Å²) in [6.07, 6.45) is 6.36. The molecule has 1 fully saturated rings. The van der Waals surface area contributed by atoms with Crippen molar-refractivity contribution in [2.24, 2.45) is 21.9 Å². The Balaban J connectivity index is 1.72. The van der Waals surface area contributed by atoms with Gasteiger partial charge in [-0.2, -0.15) is 5.10 Å². The van der Waals surface area contributed by atoms with E-state index in [0.29, 0.717) is 18.7 Å². The number of hydrogen-bond donors (Lipinski definition) is 3. The number of likely N-dealkylation sites (tertiary alicyclic amines) is 1. The molecule has 0 bridgehead atoms. The van der Waals surface area contributed by atoms with Crippen molar-refractivity contribution in [3.05, 3.63) is 53.9 Å². The molecule has 0 spiro atoms. The fourth-order valence-corrected chi connectivity index (χ4v) is 4.38. The highest BCUT2D eigenvalue weighted by molar-refractivity contribution is 6.29. The lowest BCUT2D eigenvalue weighted by Gasteiger charge is -2.29. The van der Waals surface area contributed by atoms with Gasteiger partial charge in [0.05, 0.1) is 18.4 Å². The molecule has 9 nitrogen and oxygen atoms in total. The minimum absolute atomic E-state index is 0.0595. The summed E-state index contributed by atoms with van der Waals surface area (Å²) in [5.74, 6) is 4.74. The van der Waals surface area contributed by atoms with Gasteiger partial charge in [-0.05, 0) is 55.4 Å². The third-order valence-electron chi connectivity index (χ3n) is 6.51. The monoisotopic (exact) mass is 492 g/mol. The molecule has 0 unspecified atom stereocenters. The number of hydrogen-bond acceptors (Lipinski definition) is 7. The van der Waals surface area contributed by atoms with Crippen molar-refractivity contribution in [2.45, 2.75) is 58.7 Å². The number of aromatic nitrogens is 1. The molecule has 0 radical (unpaired) electrons. The van der Waals surface area contributed by atoms with Gasteiger partial charge in [0, 0.05) is 30.7 Å². The van der Waals surface area contributed by atoms with Crippen LogP contribution in [0.3, 0.4) is 0 Å². The molecule has 1 aliphatic rings. The van der Waals surface area contributed by atoms with E-state index in [9.17, 15) is 14.7 Å². The summed E-state index contributed by atoms with van der Waals surface area (Å²) in [7, 11) is 0. The van der Waals surface area contributed by atoms with Crippen molar-refractivity contribution < 1.29 is 14.7 Å². The number of aliphatic imine (C=N–C) groups is 1. The highest BCUT2D eigenvalue weighted by Crippen LogP contribution is 2.26. The maximum absolute atomic E-state index is 13.3. The number of amides is 2. The summed E-state index contributed by atoms with van der Waals surface area (Å²) in [5.41, 5.74) is 4.46. The van der Waals surface area contributed by atoms with Gasteiger partial charge in [0.25, 0.3) is 0 Å². The Labute approximate surface area is 212 Å². The van der Waals surface area contributed by atoms with Gasteiger partial charge >= 0.3 is 0 Å². The lowest BCUT2D eigenvalue weighted by molar-refractivity contribution is -0.140. The summed E-state index contributed by atoms with van der Waals surface area (Å²) in [5, 5.41) is 16.5. The number of carbonyl (C=O) groups is 2. The number of nitrogens with two attached hydrogens (primary N) is 1. The van der Waals surface area contributed by atoms with Crippen molar-refractivity contribution in [1.82, 2.24) is 15.2 Å². The zero-order valence-corrected chi connectivity index (χ0v) is 21.4. The molecule has 3 rings (SSSR count). The molecule has 0 aliphatic carbocycles. The summed E-state index contributed by atoms with van der Waals surface area (Å²) < 4.78 is 0. The van der Waals surface area contributed by atoms with E-state index in [-0.39, 0.29) is 24.3 Å². The lowest BCUT2D eigenvalue weighted by Crippen LogP contribution is -2.50. The number of aliphatic hydroxyl groups is 1. The molecule has 192 valence electrons. The molecule has 4 N–H and O–H groups in total. The molecule has 3 atom stereocenters. The summed E-state index contributed by atoms with van der Waals surface area (Å²) in [4.78, 5) is 36.8. The number of rotatable bonds is 9. The SMILES string of the molecule is CC(C=N[C@H](C(=O)N1CCC[C@H]1C(=O)N[C@@H](CO)c1ccc(-c2cnccc2C)cc1)C(C)C)=NN. The van der Waals surface area contributed by atoms with Gasteiger partial charge in [-0.1, -0.05) is 38.1 Å². The van der Waals surface area contributed by atoms with Gasteiger partial charge in [-0.15, -0.1) is 0 Å². The number of aryl methyl sites for hydroxylation is 1. The second-order valence-electron chi connectivity index (χ2n) is 9.48. The summed E-state index contributed by atoms with van der Waals surface area (Å²) >= 11 is 0. The molecule has 9 heteroatoms. The van der Waals surface area contributed by atoms with Crippen molar-refractivity contribution in [3.8, 4) is 11.1 Å². The van der Waals surface area contributed by atoms with E-state index in [0.717, 1.165) is 28.7 Å². The van der Waals surface area contributed by atoms with Crippen LogP contribution in [0.15, 0.2) is 52.8 Å². The van der Waals surface area contributed by atoms with E-state index in [4.69, 9.17) is 5.84 Å². The maximum atomic E-state index is 13.3. The van der Waals surface area contributed by atoms with Crippen LogP contribution < -0.4 is 11.2 Å². The largest absolute Gasteiger partial charge is 0.394 e. The van der Waals surface area contributed by atoms with Crippen LogP contribution in [0.25, 0.3) is 11.1 Å². The average Bonchev–Trinajstić information content (AvgIpc) is 3.37. The van der Waals surface area contributed by atoms with E-state index in [1.807, 2.05) is 57.3 Å². The van der Waals surface area contributed by atoms with Crippen molar-refractivity contribution in [3.63, 3.8) is 0 Å². The quantitative estimate of drug-likeness (QED) is 0.281. The first kappa shape index (κ1) is 27.0. The topological polar surface area (TPSA) is 133 Å². The molecule has 1 aromatic carbocycles. The first-order chi connectivity index (χ1) is 17.3. The Hall–Kier alpha value is -3.59. The van der Waals surface area contributed by atoms with Crippen LogP contribution in [0.1, 0.15) is 50.8 Å². The molecular formula is C27H36N6O3. The van der Waals surface area contributed by atoms with Crippen molar-refractivity contribution in [2.75, 3.05) is 13.2 Å². The lowest BCUT2D eigenvalue weighted by atomic mass is 9.99. The molecule has 1 aliphatic heterocycles. The van der Waals surface area contributed by atoms with Crippen LogP contribution >= 0.6 is 0 Å². The predicted octanol–water partition coefficient (Wildman–Crippen LogP) is 2.63. The fraction of sp³-hybridized carbons (Fsp3) is 0.444. The molecule has 2 heterocycles. The molecule has 1 aromatic heterocycles. The van der Waals surface area contributed by atoms with E-state index >= 15 is 0 Å². The van der Waals surface area contributed by atoms with Crippen LogP contribution in [0.5, 0.6) is 0 Å². The predicted molar refractivity (Wildman–Crippen MR) is 142 cm³/mol. The first-order valence-electron chi connectivity index (χ1n) is 12.3. The van der Waals surface area contributed by atoms with E-state index < -0.39 is 18.1 Å². The highest BCUT2D eigenvalue weighted by Gasteiger charge is 2.38. The van der Waals surface area contributed by atoms with Gasteiger partial charge in [0.15, 0.2) is 0 Å². The minimum atomic E-state index is -0.632. The van der Waals surface area contributed by atoms with Crippen LogP contribution in [0.2, 0.25) is 0 Å². The van der Waals surface area contributed by atoms with Gasteiger partial charge in [-0.3, -0.25) is 19.6 Å². The van der Waals surface area contributed by atoms with Crippen LogP contribution in [0, 0.1) is 12.8 Å². The van der Waals surface area contributed by atoms with Crippen molar-refractivity contribution in [1.29, 1.82) is 0 Å². The summed E-state index contributed by atoms with van der Waals surface area (Å²) in [6, 6.07) is 7.83. The zero-order chi connectivity index (χ0) is 26.2. The maximum Gasteiger partial charge on any atom is 0.248 e. The number of nitrogens with one attached hydrogen (secondary N) is 1. The van der Waals surface area contributed by atoms with E-state index in [1.165, 1.54) is 6.21 Å².